The molecule has 0 aliphatic heterocycles. The van der Waals surface area contributed by atoms with Crippen molar-refractivity contribution in [3.63, 3.8) is 0 Å². The van der Waals surface area contributed by atoms with E-state index in [-0.39, 0.29) is 18.4 Å². The van der Waals surface area contributed by atoms with Crippen molar-refractivity contribution in [2.24, 2.45) is 5.92 Å². The average Bonchev–Trinajstić information content (AvgIpc) is 2.14. The lowest BCUT2D eigenvalue weighted by molar-refractivity contribution is -0.136. The maximum Gasteiger partial charge on any atom is 0.303 e. The van der Waals surface area contributed by atoms with E-state index in [1.54, 1.807) is 6.92 Å². The number of nitrogens with zero attached hydrogens (tertiary/aromatic N) is 1. The molecule has 1 rings (SSSR count). The fourth-order valence-corrected chi connectivity index (χ4v) is 1.68. The van der Waals surface area contributed by atoms with Crippen LogP contribution < -0.4 is 5.56 Å². The fraction of sp³-hybridized carbons (Fsp3) is 0.583. The molecule has 0 unspecified atom stereocenters. The summed E-state index contributed by atoms with van der Waals surface area (Å²) in [5.74, 6) is 0.180. The van der Waals surface area contributed by atoms with Gasteiger partial charge >= 0.3 is 5.97 Å². The van der Waals surface area contributed by atoms with Gasteiger partial charge in [0.1, 0.15) is 5.82 Å². The van der Waals surface area contributed by atoms with Gasteiger partial charge in [0.2, 0.25) is 0 Å². The smallest absolute Gasteiger partial charge is 0.303 e. The van der Waals surface area contributed by atoms with Crippen LogP contribution in [0.3, 0.4) is 0 Å². The second kappa shape index (κ2) is 5.61. The third-order valence-corrected chi connectivity index (χ3v) is 2.46. The zero-order valence-corrected chi connectivity index (χ0v) is 10.4. The molecule has 5 nitrogen and oxygen atoms in total. The Morgan fingerprint density at radius 2 is 2.12 bits per heavy atom. The Bertz CT molecular complexity index is 463. The van der Waals surface area contributed by atoms with Gasteiger partial charge in [-0.1, -0.05) is 13.8 Å². The number of carboxylic acid groups (broad SMARTS) is 1. The summed E-state index contributed by atoms with van der Waals surface area (Å²) >= 11 is 0. The molecule has 5 heteroatoms. The van der Waals surface area contributed by atoms with Gasteiger partial charge in [-0.3, -0.25) is 9.59 Å². The molecule has 17 heavy (non-hydrogen) atoms. The van der Waals surface area contributed by atoms with Crippen LogP contribution in [0.4, 0.5) is 0 Å². The van der Waals surface area contributed by atoms with E-state index in [1.165, 1.54) is 0 Å². The number of nitrogens with one attached hydrogen (secondary N) is 1. The minimum Gasteiger partial charge on any atom is -0.481 e. The van der Waals surface area contributed by atoms with Crippen molar-refractivity contribution in [2.75, 3.05) is 0 Å². The zero-order chi connectivity index (χ0) is 13.0. The molecule has 0 spiro atoms. The molecule has 1 aromatic rings. The Kier molecular flexibility index (Phi) is 4.43. The maximum atomic E-state index is 11.8. The molecule has 94 valence electrons. The molecule has 0 saturated heterocycles. The average molecular weight is 238 g/mol. The van der Waals surface area contributed by atoms with E-state index in [9.17, 15) is 9.59 Å². The van der Waals surface area contributed by atoms with Crippen LogP contribution in [0.1, 0.15) is 37.4 Å². The number of aromatic amines is 1. The predicted molar refractivity (Wildman–Crippen MR) is 64.1 cm³/mol. The molecule has 0 fully saturated rings. The van der Waals surface area contributed by atoms with E-state index >= 15 is 0 Å². The highest BCUT2D eigenvalue weighted by Gasteiger charge is 2.10. The van der Waals surface area contributed by atoms with E-state index in [4.69, 9.17) is 5.11 Å². The van der Waals surface area contributed by atoms with Crippen molar-refractivity contribution in [1.29, 1.82) is 0 Å². The molecule has 0 aliphatic rings. The summed E-state index contributed by atoms with van der Waals surface area (Å²) < 4.78 is 0. The lowest BCUT2D eigenvalue weighted by atomic mass is 10.1. The molecule has 0 amide bonds. The van der Waals surface area contributed by atoms with Gasteiger partial charge in [0.15, 0.2) is 0 Å². The minimum atomic E-state index is -0.907. The number of aliphatic carboxylic acids is 1. The Hall–Kier alpha value is -1.65. The highest BCUT2D eigenvalue weighted by Crippen LogP contribution is 2.06. The zero-order valence-electron chi connectivity index (χ0n) is 10.4. The molecule has 2 N–H and O–H groups in total. The summed E-state index contributed by atoms with van der Waals surface area (Å²) in [6, 6.07) is 0. The number of rotatable bonds is 5. The predicted octanol–water partition coefficient (Wildman–Crippen LogP) is 1.29. The molecule has 0 saturated carbocycles. The van der Waals surface area contributed by atoms with Crippen LogP contribution in [-0.4, -0.2) is 21.0 Å². The van der Waals surface area contributed by atoms with Crippen LogP contribution in [-0.2, 0) is 17.6 Å². The van der Waals surface area contributed by atoms with Crippen LogP contribution in [0, 0.1) is 12.8 Å². The van der Waals surface area contributed by atoms with Crippen molar-refractivity contribution in [1.82, 2.24) is 9.97 Å². The topological polar surface area (TPSA) is 83.0 Å². The van der Waals surface area contributed by atoms with Crippen LogP contribution in [0.25, 0.3) is 0 Å². The van der Waals surface area contributed by atoms with Gasteiger partial charge in [-0.25, -0.2) is 4.98 Å². The van der Waals surface area contributed by atoms with Crippen LogP contribution in [0.2, 0.25) is 0 Å². The van der Waals surface area contributed by atoms with Crippen LogP contribution in [0.15, 0.2) is 4.79 Å². The second-order valence-corrected chi connectivity index (χ2v) is 4.57. The molecule has 1 aromatic heterocycles. The monoisotopic (exact) mass is 238 g/mol. The molecule has 0 atom stereocenters. The fourth-order valence-electron chi connectivity index (χ4n) is 1.68. The van der Waals surface area contributed by atoms with Crippen molar-refractivity contribution in [2.45, 2.75) is 40.0 Å². The van der Waals surface area contributed by atoms with Crippen molar-refractivity contribution in [3.8, 4) is 0 Å². The number of carboxylic acids is 1. The van der Waals surface area contributed by atoms with E-state index in [1.807, 2.05) is 13.8 Å². The van der Waals surface area contributed by atoms with E-state index in [0.717, 1.165) is 6.42 Å². The van der Waals surface area contributed by atoms with Crippen molar-refractivity contribution < 1.29 is 9.90 Å². The Balaban J connectivity index is 2.94. The summed E-state index contributed by atoms with van der Waals surface area (Å²) in [6.07, 6.45) is 0.899. The van der Waals surface area contributed by atoms with Gasteiger partial charge in [-0.05, 0) is 19.3 Å². The van der Waals surface area contributed by atoms with Gasteiger partial charge in [-0.15, -0.1) is 0 Å². The maximum absolute atomic E-state index is 11.8. The van der Waals surface area contributed by atoms with Gasteiger partial charge < -0.3 is 10.1 Å². The summed E-state index contributed by atoms with van der Waals surface area (Å²) in [4.78, 5) is 29.3. The summed E-state index contributed by atoms with van der Waals surface area (Å²) in [5.41, 5.74) is 0.889. The van der Waals surface area contributed by atoms with Gasteiger partial charge in [0.25, 0.3) is 5.56 Å². The Morgan fingerprint density at radius 1 is 1.47 bits per heavy atom. The first-order chi connectivity index (χ1) is 7.90. The third-order valence-electron chi connectivity index (χ3n) is 2.46. The van der Waals surface area contributed by atoms with Gasteiger partial charge in [-0.2, -0.15) is 0 Å². The first kappa shape index (κ1) is 13.4. The highest BCUT2D eigenvalue weighted by atomic mass is 16.4. The van der Waals surface area contributed by atoms with Crippen molar-refractivity contribution >= 4 is 5.97 Å². The van der Waals surface area contributed by atoms with E-state index in [2.05, 4.69) is 9.97 Å². The number of carbonyl (C=O) groups is 1. The van der Waals surface area contributed by atoms with Crippen molar-refractivity contribution in [3.05, 3.63) is 27.4 Å². The largest absolute Gasteiger partial charge is 0.481 e. The SMILES string of the molecule is Cc1nc(CC(C)C)[nH]c(=O)c1CCC(=O)O. The number of hydrogen-bond acceptors (Lipinski definition) is 3. The molecule has 1 heterocycles. The summed E-state index contributed by atoms with van der Waals surface area (Å²) in [6.45, 7) is 5.84. The van der Waals surface area contributed by atoms with E-state index < -0.39 is 5.97 Å². The molecule has 0 bridgehead atoms. The van der Waals surface area contributed by atoms with Gasteiger partial charge in [0, 0.05) is 24.1 Å². The number of H-pyrrole nitrogens is 1. The van der Waals surface area contributed by atoms with E-state index in [0.29, 0.717) is 23.0 Å². The molecule has 0 aromatic carbocycles. The summed E-state index contributed by atoms with van der Waals surface area (Å²) in [7, 11) is 0. The minimum absolute atomic E-state index is 0.0465. The van der Waals surface area contributed by atoms with Gasteiger partial charge in [0.05, 0.1) is 0 Å². The third kappa shape index (κ3) is 4.01. The number of aromatic nitrogens is 2. The Morgan fingerprint density at radius 3 is 2.59 bits per heavy atom. The first-order valence-electron chi connectivity index (χ1n) is 5.70. The quantitative estimate of drug-likeness (QED) is 0.809. The standard InChI is InChI=1S/C12H18N2O3/c1-7(2)6-10-13-8(3)9(12(17)14-10)4-5-11(15)16/h7H,4-6H2,1-3H3,(H,15,16)(H,13,14,17). The first-order valence-corrected chi connectivity index (χ1v) is 5.70. The summed E-state index contributed by atoms with van der Waals surface area (Å²) in [5, 5.41) is 8.60. The molecular formula is C12H18N2O3. The molecular weight excluding hydrogens is 220 g/mol. The molecule has 0 aliphatic carbocycles. The number of hydrogen-bond donors (Lipinski definition) is 2. The lowest BCUT2D eigenvalue weighted by Gasteiger charge is -2.08. The molecule has 0 radical (unpaired) electrons. The van der Waals surface area contributed by atoms with Crippen LogP contribution in [0.5, 0.6) is 0 Å². The van der Waals surface area contributed by atoms with Crippen LogP contribution >= 0.6 is 0 Å². The normalized spacial score (nSPS) is 10.8. The lowest BCUT2D eigenvalue weighted by Crippen LogP contribution is -2.20. The number of aryl methyl sites for hydroxylation is 1. The second-order valence-electron chi connectivity index (χ2n) is 4.57. The Labute approximate surface area is 99.9 Å². The highest BCUT2D eigenvalue weighted by molar-refractivity contribution is 5.67.